The van der Waals surface area contributed by atoms with E-state index in [1.807, 2.05) is 7.05 Å². The number of hydrogen-bond donors (Lipinski definition) is 2. The van der Waals surface area contributed by atoms with Crippen molar-refractivity contribution < 1.29 is 4.74 Å². The molecule has 0 saturated carbocycles. The lowest BCUT2D eigenvalue weighted by Gasteiger charge is -2.32. The Bertz CT molecular complexity index is 577. The van der Waals surface area contributed by atoms with E-state index in [1.54, 1.807) is 18.9 Å². The summed E-state index contributed by atoms with van der Waals surface area (Å²) in [4.78, 5) is 8.20. The Labute approximate surface area is 186 Å². The highest BCUT2D eigenvalue weighted by atomic mass is 127. The van der Waals surface area contributed by atoms with Crippen LogP contribution in [0.15, 0.2) is 28.1 Å². The second-order valence-electron chi connectivity index (χ2n) is 6.90. The maximum Gasteiger partial charge on any atom is 0.191 e. The van der Waals surface area contributed by atoms with E-state index in [9.17, 15) is 0 Å². The lowest BCUT2D eigenvalue weighted by molar-refractivity contribution is 0.121. The Hall–Kier alpha value is -0.510. The van der Waals surface area contributed by atoms with E-state index < -0.39 is 0 Å². The number of nitrogens with one attached hydrogen (secondary N) is 2. The number of halogens is 1. The van der Waals surface area contributed by atoms with E-state index in [2.05, 4.69) is 51.9 Å². The number of likely N-dealkylation sites (tertiary alicyclic amines) is 1. The molecule has 27 heavy (non-hydrogen) atoms. The van der Waals surface area contributed by atoms with Crippen molar-refractivity contribution in [1.29, 1.82) is 0 Å². The molecule has 0 atom stereocenters. The number of rotatable bonds is 8. The van der Waals surface area contributed by atoms with Crippen LogP contribution in [0.4, 0.5) is 0 Å². The highest BCUT2D eigenvalue weighted by molar-refractivity contribution is 14.0. The van der Waals surface area contributed by atoms with Crippen molar-refractivity contribution in [3.63, 3.8) is 0 Å². The first-order valence-corrected chi connectivity index (χ1v) is 10.7. The maximum atomic E-state index is 5.17. The standard InChI is InChI=1S/C20H34N4OS.HI/c1-16-5-6-18(19(13-16)26-4)15-23-20(21-2)22-14-17-7-9-24(10-8-17)11-12-25-3;/h5-6,13,17H,7-12,14-15H2,1-4H3,(H2,21,22,23);1H. The number of piperidine rings is 1. The summed E-state index contributed by atoms with van der Waals surface area (Å²) in [5.74, 6) is 1.60. The van der Waals surface area contributed by atoms with Gasteiger partial charge in [0.25, 0.3) is 0 Å². The van der Waals surface area contributed by atoms with Crippen molar-refractivity contribution >= 4 is 41.7 Å². The van der Waals surface area contributed by atoms with Crippen LogP contribution in [0, 0.1) is 12.8 Å². The van der Waals surface area contributed by atoms with Gasteiger partial charge < -0.3 is 20.3 Å². The van der Waals surface area contributed by atoms with E-state index in [0.717, 1.165) is 32.2 Å². The minimum Gasteiger partial charge on any atom is -0.383 e. The zero-order valence-corrected chi connectivity index (χ0v) is 20.2. The predicted molar refractivity (Wildman–Crippen MR) is 128 cm³/mol. The van der Waals surface area contributed by atoms with Gasteiger partial charge in [0.2, 0.25) is 0 Å². The van der Waals surface area contributed by atoms with Crippen LogP contribution < -0.4 is 10.6 Å². The number of aliphatic imine (C=N–C) groups is 1. The number of methoxy groups -OCH3 is 1. The largest absolute Gasteiger partial charge is 0.383 e. The Morgan fingerprint density at radius 2 is 2.04 bits per heavy atom. The van der Waals surface area contributed by atoms with Gasteiger partial charge in [0, 0.05) is 38.7 Å². The molecule has 1 aliphatic heterocycles. The Kier molecular flexibility index (Phi) is 12.4. The highest BCUT2D eigenvalue weighted by Gasteiger charge is 2.19. The molecule has 2 N–H and O–H groups in total. The van der Waals surface area contributed by atoms with Crippen molar-refractivity contribution in [3.05, 3.63) is 29.3 Å². The van der Waals surface area contributed by atoms with Crippen LogP contribution in [-0.4, -0.2) is 64.1 Å². The average molecular weight is 506 g/mol. The van der Waals surface area contributed by atoms with Crippen molar-refractivity contribution in [1.82, 2.24) is 15.5 Å². The van der Waals surface area contributed by atoms with E-state index in [0.29, 0.717) is 5.92 Å². The van der Waals surface area contributed by atoms with Crippen molar-refractivity contribution in [2.75, 3.05) is 53.2 Å². The number of aryl methyl sites for hydroxylation is 1. The van der Waals surface area contributed by atoms with Crippen LogP contribution in [0.25, 0.3) is 0 Å². The zero-order chi connectivity index (χ0) is 18.8. The third kappa shape index (κ3) is 8.58. The number of guanidine groups is 1. The smallest absolute Gasteiger partial charge is 0.191 e. The molecule has 1 aliphatic rings. The molecule has 1 heterocycles. The lowest BCUT2D eigenvalue weighted by atomic mass is 9.97. The van der Waals surface area contributed by atoms with Gasteiger partial charge in [-0.15, -0.1) is 35.7 Å². The van der Waals surface area contributed by atoms with Crippen LogP contribution in [-0.2, 0) is 11.3 Å². The SMILES string of the molecule is CN=C(NCc1ccc(C)cc1SC)NCC1CCN(CCOC)CC1.I. The summed E-state index contributed by atoms with van der Waals surface area (Å²) in [6.45, 7) is 8.14. The molecular weight excluding hydrogens is 471 g/mol. The first kappa shape index (κ1) is 24.5. The molecule has 0 amide bonds. The van der Waals surface area contributed by atoms with Gasteiger partial charge in [-0.25, -0.2) is 0 Å². The third-order valence-electron chi connectivity index (χ3n) is 4.99. The van der Waals surface area contributed by atoms with Gasteiger partial charge in [0.05, 0.1) is 6.61 Å². The van der Waals surface area contributed by atoms with Gasteiger partial charge in [-0.1, -0.05) is 12.1 Å². The first-order chi connectivity index (χ1) is 12.7. The monoisotopic (exact) mass is 506 g/mol. The van der Waals surface area contributed by atoms with Crippen LogP contribution in [0.1, 0.15) is 24.0 Å². The molecule has 0 bridgehead atoms. The normalized spacial score (nSPS) is 16.1. The molecule has 154 valence electrons. The average Bonchev–Trinajstić information content (AvgIpc) is 2.68. The first-order valence-electron chi connectivity index (χ1n) is 9.45. The number of nitrogens with zero attached hydrogens (tertiary/aromatic N) is 2. The Morgan fingerprint density at radius 3 is 2.67 bits per heavy atom. The Morgan fingerprint density at radius 1 is 1.30 bits per heavy atom. The highest BCUT2D eigenvalue weighted by Crippen LogP contribution is 2.21. The summed E-state index contributed by atoms with van der Waals surface area (Å²) >= 11 is 1.80. The number of ether oxygens (including phenoxy) is 1. The van der Waals surface area contributed by atoms with Crippen molar-refractivity contribution in [2.45, 2.75) is 31.2 Å². The summed E-state index contributed by atoms with van der Waals surface area (Å²) in [7, 11) is 3.61. The lowest BCUT2D eigenvalue weighted by Crippen LogP contribution is -2.43. The molecule has 0 aliphatic carbocycles. The van der Waals surface area contributed by atoms with E-state index in [4.69, 9.17) is 4.74 Å². The predicted octanol–water partition coefficient (Wildman–Crippen LogP) is 3.36. The van der Waals surface area contributed by atoms with Gasteiger partial charge >= 0.3 is 0 Å². The van der Waals surface area contributed by atoms with Gasteiger partial charge in [0.15, 0.2) is 5.96 Å². The summed E-state index contributed by atoms with van der Waals surface area (Å²) in [5.41, 5.74) is 2.62. The Balaban J connectivity index is 0.00000364. The van der Waals surface area contributed by atoms with Crippen LogP contribution in [0.3, 0.4) is 0 Å². The van der Waals surface area contributed by atoms with E-state index in [1.165, 1.54) is 42.0 Å². The van der Waals surface area contributed by atoms with Gasteiger partial charge in [-0.2, -0.15) is 0 Å². The molecule has 7 heteroatoms. The molecule has 1 aromatic carbocycles. The van der Waals surface area contributed by atoms with E-state index >= 15 is 0 Å². The fourth-order valence-electron chi connectivity index (χ4n) is 3.27. The van der Waals surface area contributed by atoms with Crippen molar-refractivity contribution in [2.24, 2.45) is 10.9 Å². The fourth-order valence-corrected chi connectivity index (χ4v) is 3.98. The van der Waals surface area contributed by atoms with Crippen molar-refractivity contribution in [3.8, 4) is 0 Å². The van der Waals surface area contributed by atoms with Crippen LogP contribution in [0.2, 0.25) is 0 Å². The molecule has 1 aromatic rings. The second kappa shape index (κ2) is 13.6. The number of thioether (sulfide) groups is 1. The number of hydrogen-bond acceptors (Lipinski definition) is 4. The van der Waals surface area contributed by atoms with E-state index in [-0.39, 0.29) is 24.0 Å². The quantitative estimate of drug-likeness (QED) is 0.245. The minimum atomic E-state index is 0. The summed E-state index contributed by atoms with van der Waals surface area (Å²) < 4.78 is 5.17. The molecular formula is C20H35IN4OS. The summed E-state index contributed by atoms with van der Waals surface area (Å²) in [6.07, 6.45) is 4.61. The van der Waals surface area contributed by atoms with Gasteiger partial charge in [-0.3, -0.25) is 4.99 Å². The second-order valence-corrected chi connectivity index (χ2v) is 7.75. The molecule has 0 spiro atoms. The summed E-state index contributed by atoms with van der Waals surface area (Å²) in [5, 5.41) is 6.96. The topological polar surface area (TPSA) is 48.9 Å². The van der Waals surface area contributed by atoms with Gasteiger partial charge in [-0.05, 0) is 62.2 Å². The minimum absolute atomic E-state index is 0. The molecule has 0 unspecified atom stereocenters. The summed E-state index contributed by atoms with van der Waals surface area (Å²) in [6, 6.07) is 6.62. The van der Waals surface area contributed by atoms with Crippen LogP contribution in [0.5, 0.6) is 0 Å². The zero-order valence-electron chi connectivity index (χ0n) is 17.1. The fraction of sp³-hybridized carbons (Fsp3) is 0.650. The van der Waals surface area contributed by atoms with Gasteiger partial charge in [0.1, 0.15) is 0 Å². The molecule has 1 saturated heterocycles. The molecule has 0 radical (unpaired) electrons. The molecule has 1 fully saturated rings. The molecule has 5 nitrogen and oxygen atoms in total. The molecule has 2 rings (SSSR count). The third-order valence-corrected chi connectivity index (χ3v) is 5.81. The number of benzene rings is 1. The maximum absolute atomic E-state index is 5.17. The van der Waals surface area contributed by atoms with Crippen LogP contribution >= 0.6 is 35.7 Å². The molecule has 0 aromatic heterocycles.